The molecule has 3 unspecified atom stereocenters. The summed E-state index contributed by atoms with van der Waals surface area (Å²) in [5, 5.41) is 3.46. The topological polar surface area (TPSA) is 44.8 Å². The number of amides is 1. The quantitative estimate of drug-likeness (QED) is 0.870. The van der Waals surface area contributed by atoms with Gasteiger partial charge in [-0.1, -0.05) is 32.0 Å². The number of halogens is 1. The molecule has 146 valence electrons. The molecule has 1 N–H and O–H groups in total. The van der Waals surface area contributed by atoms with E-state index < -0.39 is 0 Å². The number of likely N-dealkylation sites (tertiary alicyclic amines) is 1. The monoisotopic (exact) mass is 381 g/mol. The number of para-hydroxylation sites is 1. The van der Waals surface area contributed by atoms with Crippen LogP contribution in [-0.4, -0.2) is 62.1 Å². The van der Waals surface area contributed by atoms with Crippen molar-refractivity contribution >= 4 is 18.3 Å². The number of carbonyl (C=O) groups is 1. The number of methoxy groups -OCH3 is 1. The summed E-state index contributed by atoms with van der Waals surface area (Å²) >= 11 is 0. The average Bonchev–Trinajstić information content (AvgIpc) is 2.61. The van der Waals surface area contributed by atoms with Crippen LogP contribution in [0.2, 0.25) is 0 Å². The summed E-state index contributed by atoms with van der Waals surface area (Å²) in [6, 6.07) is 8.32. The van der Waals surface area contributed by atoms with Gasteiger partial charge in [0.25, 0.3) is 0 Å². The van der Waals surface area contributed by atoms with Crippen LogP contribution in [0.15, 0.2) is 24.3 Å². The van der Waals surface area contributed by atoms with Crippen molar-refractivity contribution in [1.29, 1.82) is 0 Å². The van der Waals surface area contributed by atoms with Gasteiger partial charge in [-0.15, -0.1) is 12.4 Å². The third kappa shape index (κ3) is 4.90. The standard InChI is InChI=1S/C20H31N3O2.ClH/c1-15-10-16(2)13-23(12-15)20(24)14-22-9-8-21-11-18(22)17-6-4-5-7-19(17)25-3;/h4-7,15-16,18,21H,8-14H2,1-3H3;1H. The summed E-state index contributed by atoms with van der Waals surface area (Å²) in [5.41, 5.74) is 1.16. The van der Waals surface area contributed by atoms with Crippen molar-refractivity contribution in [3.8, 4) is 5.75 Å². The second-order valence-corrected chi connectivity index (χ2v) is 7.68. The Bertz CT molecular complexity index is 588. The van der Waals surface area contributed by atoms with E-state index in [4.69, 9.17) is 4.74 Å². The highest BCUT2D eigenvalue weighted by Crippen LogP contribution is 2.30. The Morgan fingerprint density at radius 1 is 1.23 bits per heavy atom. The lowest BCUT2D eigenvalue weighted by Crippen LogP contribution is -2.52. The van der Waals surface area contributed by atoms with E-state index in [2.05, 4.69) is 35.0 Å². The minimum atomic E-state index is 0. The molecule has 3 atom stereocenters. The van der Waals surface area contributed by atoms with Gasteiger partial charge in [0.05, 0.1) is 19.7 Å². The van der Waals surface area contributed by atoms with Crippen LogP contribution in [-0.2, 0) is 4.79 Å². The largest absolute Gasteiger partial charge is 0.496 e. The van der Waals surface area contributed by atoms with Gasteiger partial charge < -0.3 is 15.0 Å². The van der Waals surface area contributed by atoms with Crippen LogP contribution in [0.1, 0.15) is 31.9 Å². The first kappa shape index (κ1) is 21.0. The molecule has 3 rings (SSSR count). The van der Waals surface area contributed by atoms with Crippen molar-refractivity contribution < 1.29 is 9.53 Å². The molecule has 2 saturated heterocycles. The Kier molecular flexibility index (Phi) is 7.74. The fourth-order valence-electron chi connectivity index (χ4n) is 4.32. The molecule has 0 aromatic heterocycles. The van der Waals surface area contributed by atoms with E-state index in [1.807, 2.05) is 18.2 Å². The van der Waals surface area contributed by atoms with Gasteiger partial charge >= 0.3 is 0 Å². The van der Waals surface area contributed by atoms with Gasteiger partial charge in [-0.2, -0.15) is 0 Å². The number of nitrogens with one attached hydrogen (secondary N) is 1. The van der Waals surface area contributed by atoms with Crippen LogP contribution in [0.4, 0.5) is 0 Å². The van der Waals surface area contributed by atoms with Gasteiger partial charge in [0.1, 0.15) is 5.75 Å². The lowest BCUT2D eigenvalue weighted by atomic mass is 9.92. The summed E-state index contributed by atoms with van der Waals surface area (Å²) in [7, 11) is 1.71. The molecule has 2 heterocycles. The lowest BCUT2D eigenvalue weighted by molar-refractivity contribution is -0.136. The molecule has 2 fully saturated rings. The predicted octanol–water partition coefficient (Wildman–Crippen LogP) is 2.57. The molecule has 0 aliphatic carbocycles. The van der Waals surface area contributed by atoms with Gasteiger partial charge in [-0.3, -0.25) is 9.69 Å². The number of carbonyl (C=O) groups excluding carboxylic acids is 1. The summed E-state index contributed by atoms with van der Waals surface area (Å²) in [4.78, 5) is 17.3. The molecule has 2 aliphatic heterocycles. The highest BCUT2D eigenvalue weighted by atomic mass is 35.5. The molecule has 1 aromatic carbocycles. The average molecular weight is 382 g/mol. The molecule has 1 amide bonds. The van der Waals surface area contributed by atoms with Crippen LogP contribution >= 0.6 is 12.4 Å². The van der Waals surface area contributed by atoms with Crippen molar-refractivity contribution in [2.45, 2.75) is 26.3 Å². The van der Waals surface area contributed by atoms with Crippen LogP contribution < -0.4 is 10.1 Å². The smallest absolute Gasteiger partial charge is 0.236 e. The normalized spacial score (nSPS) is 26.9. The lowest BCUT2D eigenvalue weighted by Gasteiger charge is -2.40. The summed E-state index contributed by atoms with van der Waals surface area (Å²) in [5.74, 6) is 2.36. The van der Waals surface area contributed by atoms with Gasteiger partial charge in [0, 0.05) is 38.3 Å². The van der Waals surface area contributed by atoms with E-state index >= 15 is 0 Å². The molecule has 1 aromatic rings. The molecule has 5 nitrogen and oxygen atoms in total. The summed E-state index contributed by atoms with van der Waals surface area (Å²) < 4.78 is 5.55. The fraction of sp³-hybridized carbons (Fsp3) is 0.650. The SMILES string of the molecule is COc1ccccc1C1CNCCN1CC(=O)N1CC(C)CC(C)C1.Cl. The molecular weight excluding hydrogens is 350 g/mol. The molecule has 26 heavy (non-hydrogen) atoms. The highest BCUT2D eigenvalue weighted by Gasteiger charge is 2.31. The second-order valence-electron chi connectivity index (χ2n) is 7.68. The Hall–Kier alpha value is -1.30. The molecule has 6 heteroatoms. The van der Waals surface area contributed by atoms with Crippen LogP contribution in [0.25, 0.3) is 0 Å². The van der Waals surface area contributed by atoms with E-state index in [1.165, 1.54) is 6.42 Å². The number of rotatable bonds is 4. The van der Waals surface area contributed by atoms with E-state index in [-0.39, 0.29) is 24.4 Å². The van der Waals surface area contributed by atoms with Crippen molar-refractivity contribution in [2.75, 3.05) is 46.4 Å². The minimum absolute atomic E-state index is 0. The highest BCUT2D eigenvalue weighted by molar-refractivity contribution is 5.85. The third-order valence-electron chi connectivity index (χ3n) is 5.41. The Morgan fingerprint density at radius 3 is 2.62 bits per heavy atom. The van der Waals surface area contributed by atoms with Gasteiger partial charge in [-0.25, -0.2) is 0 Å². The van der Waals surface area contributed by atoms with Gasteiger partial charge in [0.15, 0.2) is 0 Å². The zero-order chi connectivity index (χ0) is 17.8. The van der Waals surface area contributed by atoms with Crippen molar-refractivity contribution in [3.63, 3.8) is 0 Å². The first-order chi connectivity index (χ1) is 12.1. The number of hydrogen-bond acceptors (Lipinski definition) is 4. The molecule has 0 spiro atoms. The number of piperidine rings is 1. The first-order valence-electron chi connectivity index (χ1n) is 9.44. The van der Waals surface area contributed by atoms with Crippen LogP contribution in [0, 0.1) is 11.8 Å². The fourth-order valence-corrected chi connectivity index (χ4v) is 4.32. The molecule has 0 bridgehead atoms. The van der Waals surface area contributed by atoms with E-state index in [0.29, 0.717) is 18.4 Å². The van der Waals surface area contributed by atoms with Crippen molar-refractivity contribution in [1.82, 2.24) is 15.1 Å². The number of piperazine rings is 1. The van der Waals surface area contributed by atoms with Gasteiger partial charge in [-0.05, 0) is 24.3 Å². The Balaban J connectivity index is 0.00000243. The Labute approximate surface area is 163 Å². The first-order valence-corrected chi connectivity index (χ1v) is 9.44. The van der Waals surface area contributed by atoms with Crippen molar-refractivity contribution in [3.05, 3.63) is 29.8 Å². The second kappa shape index (κ2) is 9.58. The maximum Gasteiger partial charge on any atom is 0.236 e. The number of hydrogen-bond donors (Lipinski definition) is 1. The van der Waals surface area contributed by atoms with E-state index in [9.17, 15) is 4.79 Å². The van der Waals surface area contributed by atoms with Crippen LogP contribution in [0.3, 0.4) is 0 Å². The predicted molar refractivity (Wildman–Crippen MR) is 107 cm³/mol. The molecule has 0 saturated carbocycles. The number of ether oxygens (including phenoxy) is 1. The summed E-state index contributed by atoms with van der Waals surface area (Å²) in [6.07, 6.45) is 1.22. The third-order valence-corrected chi connectivity index (χ3v) is 5.41. The maximum absolute atomic E-state index is 12.9. The van der Waals surface area contributed by atoms with Gasteiger partial charge in [0.2, 0.25) is 5.91 Å². The summed E-state index contributed by atoms with van der Waals surface area (Å²) in [6.45, 7) is 9.43. The molecular formula is C20H32ClN3O2. The number of benzene rings is 1. The molecule has 2 aliphatic rings. The minimum Gasteiger partial charge on any atom is -0.496 e. The zero-order valence-corrected chi connectivity index (χ0v) is 16.9. The zero-order valence-electron chi connectivity index (χ0n) is 16.1. The Morgan fingerprint density at radius 2 is 1.92 bits per heavy atom. The maximum atomic E-state index is 12.9. The van der Waals surface area contributed by atoms with E-state index in [0.717, 1.165) is 44.0 Å². The van der Waals surface area contributed by atoms with E-state index in [1.54, 1.807) is 7.11 Å². The van der Waals surface area contributed by atoms with Crippen molar-refractivity contribution in [2.24, 2.45) is 11.8 Å². The molecule has 0 radical (unpaired) electrons. The van der Waals surface area contributed by atoms with Crippen LogP contribution in [0.5, 0.6) is 5.75 Å². The number of nitrogens with zero attached hydrogens (tertiary/aromatic N) is 2.